The summed E-state index contributed by atoms with van der Waals surface area (Å²) in [6, 6.07) is 1.51. The standard InChI is InChI=1S/C13H18O4/c1-5-9(14)6-10-12(16-3)7-11(15)8(2)13(10)17-4/h7,15H,5-6H2,1-4H3. The Hall–Kier alpha value is -1.71. The van der Waals surface area contributed by atoms with E-state index in [0.717, 1.165) is 0 Å². The highest BCUT2D eigenvalue weighted by Gasteiger charge is 2.18. The first-order valence-electron chi connectivity index (χ1n) is 5.50. The zero-order chi connectivity index (χ0) is 13.0. The van der Waals surface area contributed by atoms with Crippen LogP contribution in [0.15, 0.2) is 6.07 Å². The Balaban J connectivity index is 3.32. The highest BCUT2D eigenvalue weighted by molar-refractivity contribution is 5.82. The van der Waals surface area contributed by atoms with Crippen molar-refractivity contribution in [2.45, 2.75) is 26.7 Å². The smallest absolute Gasteiger partial charge is 0.137 e. The number of ether oxygens (including phenoxy) is 2. The lowest BCUT2D eigenvalue weighted by molar-refractivity contribution is -0.118. The van der Waals surface area contributed by atoms with E-state index in [4.69, 9.17) is 9.47 Å². The molecule has 1 aromatic carbocycles. The Bertz CT molecular complexity index is 424. The number of Topliss-reactive ketones (excluding diaryl/α,β-unsaturated/α-hetero) is 1. The number of ketones is 1. The van der Waals surface area contributed by atoms with Gasteiger partial charge in [0.05, 0.1) is 14.2 Å². The molecule has 1 N–H and O–H groups in total. The summed E-state index contributed by atoms with van der Waals surface area (Å²) < 4.78 is 10.4. The SMILES string of the molecule is CCC(=O)Cc1c(OC)cc(O)c(C)c1OC. The van der Waals surface area contributed by atoms with Gasteiger partial charge in [0.15, 0.2) is 0 Å². The number of phenolic OH excluding ortho intramolecular Hbond substituents is 1. The minimum absolute atomic E-state index is 0.103. The number of hydrogen-bond acceptors (Lipinski definition) is 4. The average Bonchev–Trinajstić information content (AvgIpc) is 2.33. The van der Waals surface area contributed by atoms with E-state index in [2.05, 4.69) is 0 Å². The Kier molecular flexibility index (Phi) is 4.37. The number of carbonyl (C=O) groups is 1. The second-order valence-electron chi connectivity index (χ2n) is 3.80. The van der Waals surface area contributed by atoms with E-state index in [1.807, 2.05) is 6.92 Å². The molecular weight excluding hydrogens is 220 g/mol. The summed E-state index contributed by atoms with van der Waals surface area (Å²) in [4.78, 5) is 11.5. The van der Waals surface area contributed by atoms with Crippen molar-refractivity contribution >= 4 is 5.78 Å². The fraction of sp³-hybridized carbons (Fsp3) is 0.462. The third-order valence-corrected chi connectivity index (χ3v) is 2.76. The third-order valence-electron chi connectivity index (χ3n) is 2.76. The maximum absolute atomic E-state index is 11.5. The molecule has 4 nitrogen and oxygen atoms in total. The first-order chi connectivity index (χ1) is 8.04. The van der Waals surface area contributed by atoms with Crippen LogP contribution in [0, 0.1) is 6.92 Å². The van der Waals surface area contributed by atoms with Crippen molar-refractivity contribution < 1.29 is 19.4 Å². The molecule has 0 saturated carbocycles. The summed E-state index contributed by atoms with van der Waals surface area (Å²) in [6.45, 7) is 3.56. The Morgan fingerprint density at radius 3 is 2.47 bits per heavy atom. The van der Waals surface area contributed by atoms with Gasteiger partial charge in [0.1, 0.15) is 23.0 Å². The predicted molar refractivity (Wildman–Crippen MR) is 64.9 cm³/mol. The van der Waals surface area contributed by atoms with Crippen molar-refractivity contribution in [3.8, 4) is 17.2 Å². The van der Waals surface area contributed by atoms with Crippen LogP contribution in [0.5, 0.6) is 17.2 Å². The molecular formula is C13H18O4. The van der Waals surface area contributed by atoms with Crippen molar-refractivity contribution in [1.82, 2.24) is 0 Å². The van der Waals surface area contributed by atoms with Gasteiger partial charge in [-0.2, -0.15) is 0 Å². The molecule has 0 aliphatic rings. The summed E-state index contributed by atoms with van der Waals surface area (Å²) in [5.41, 5.74) is 1.31. The van der Waals surface area contributed by atoms with Crippen molar-refractivity contribution in [1.29, 1.82) is 0 Å². The van der Waals surface area contributed by atoms with Gasteiger partial charge in [-0.05, 0) is 6.92 Å². The van der Waals surface area contributed by atoms with Crippen LogP contribution in [0.2, 0.25) is 0 Å². The average molecular weight is 238 g/mol. The molecule has 0 atom stereocenters. The minimum atomic E-state index is 0.103. The highest BCUT2D eigenvalue weighted by Crippen LogP contribution is 2.38. The molecule has 0 bridgehead atoms. The Labute approximate surface area is 101 Å². The fourth-order valence-electron chi connectivity index (χ4n) is 1.72. The van der Waals surface area contributed by atoms with Crippen molar-refractivity contribution in [2.24, 2.45) is 0 Å². The van der Waals surface area contributed by atoms with Crippen LogP contribution >= 0.6 is 0 Å². The van der Waals surface area contributed by atoms with E-state index >= 15 is 0 Å². The van der Waals surface area contributed by atoms with Gasteiger partial charge in [-0.25, -0.2) is 0 Å². The van der Waals surface area contributed by atoms with Crippen molar-refractivity contribution in [2.75, 3.05) is 14.2 Å². The molecule has 94 valence electrons. The van der Waals surface area contributed by atoms with Crippen LogP contribution in [-0.2, 0) is 11.2 Å². The maximum Gasteiger partial charge on any atom is 0.137 e. The van der Waals surface area contributed by atoms with E-state index in [0.29, 0.717) is 29.0 Å². The van der Waals surface area contributed by atoms with E-state index in [9.17, 15) is 9.90 Å². The zero-order valence-electron chi connectivity index (χ0n) is 10.7. The summed E-state index contributed by atoms with van der Waals surface area (Å²) in [6.07, 6.45) is 0.718. The number of phenols is 1. The molecule has 1 aromatic rings. The number of methoxy groups -OCH3 is 2. The van der Waals surface area contributed by atoms with Crippen LogP contribution < -0.4 is 9.47 Å². The summed E-state index contributed by atoms with van der Waals surface area (Å²) in [5, 5.41) is 9.71. The molecule has 1 rings (SSSR count). The topological polar surface area (TPSA) is 55.8 Å². The lowest BCUT2D eigenvalue weighted by Gasteiger charge is -2.16. The molecule has 0 radical (unpaired) electrons. The predicted octanol–water partition coefficient (Wildman–Crippen LogP) is 2.24. The van der Waals surface area contributed by atoms with E-state index in [-0.39, 0.29) is 18.0 Å². The largest absolute Gasteiger partial charge is 0.507 e. The highest BCUT2D eigenvalue weighted by atomic mass is 16.5. The van der Waals surface area contributed by atoms with Crippen LogP contribution in [0.1, 0.15) is 24.5 Å². The van der Waals surface area contributed by atoms with Gasteiger partial charge in [0.2, 0.25) is 0 Å². The molecule has 0 unspecified atom stereocenters. The van der Waals surface area contributed by atoms with Crippen LogP contribution in [0.3, 0.4) is 0 Å². The molecule has 17 heavy (non-hydrogen) atoms. The quantitative estimate of drug-likeness (QED) is 0.854. The Morgan fingerprint density at radius 2 is 2.00 bits per heavy atom. The molecule has 0 heterocycles. The molecule has 0 aliphatic carbocycles. The second-order valence-corrected chi connectivity index (χ2v) is 3.80. The van der Waals surface area contributed by atoms with Gasteiger partial charge < -0.3 is 14.6 Å². The Morgan fingerprint density at radius 1 is 1.35 bits per heavy atom. The van der Waals surface area contributed by atoms with Gasteiger partial charge in [0.25, 0.3) is 0 Å². The number of benzene rings is 1. The van der Waals surface area contributed by atoms with Gasteiger partial charge in [-0.15, -0.1) is 0 Å². The van der Waals surface area contributed by atoms with Gasteiger partial charge in [0, 0.05) is 30.0 Å². The minimum Gasteiger partial charge on any atom is -0.507 e. The van der Waals surface area contributed by atoms with Crippen molar-refractivity contribution in [3.63, 3.8) is 0 Å². The number of aromatic hydroxyl groups is 1. The monoisotopic (exact) mass is 238 g/mol. The molecule has 0 amide bonds. The van der Waals surface area contributed by atoms with E-state index < -0.39 is 0 Å². The molecule has 0 spiro atoms. The zero-order valence-corrected chi connectivity index (χ0v) is 10.7. The van der Waals surface area contributed by atoms with Gasteiger partial charge >= 0.3 is 0 Å². The van der Waals surface area contributed by atoms with Crippen molar-refractivity contribution in [3.05, 3.63) is 17.2 Å². The first kappa shape index (κ1) is 13.4. The lowest BCUT2D eigenvalue weighted by atomic mass is 10.0. The molecule has 0 aromatic heterocycles. The van der Waals surface area contributed by atoms with Gasteiger partial charge in [-0.1, -0.05) is 6.92 Å². The lowest BCUT2D eigenvalue weighted by Crippen LogP contribution is -2.06. The van der Waals surface area contributed by atoms with Crippen LogP contribution in [0.25, 0.3) is 0 Å². The maximum atomic E-state index is 11.5. The number of hydrogen-bond donors (Lipinski definition) is 1. The first-order valence-corrected chi connectivity index (χ1v) is 5.50. The number of rotatable bonds is 5. The summed E-state index contributed by atoms with van der Waals surface area (Å²) in [7, 11) is 3.02. The molecule has 0 aliphatic heterocycles. The summed E-state index contributed by atoms with van der Waals surface area (Å²) in [5.74, 6) is 1.20. The summed E-state index contributed by atoms with van der Waals surface area (Å²) >= 11 is 0. The van der Waals surface area contributed by atoms with Crippen LogP contribution in [-0.4, -0.2) is 25.1 Å². The normalized spacial score (nSPS) is 10.1. The van der Waals surface area contributed by atoms with E-state index in [1.54, 1.807) is 6.92 Å². The fourth-order valence-corrected chi connectivity index (χ4v) is 1.72. The third kappa shape index (κ3) is 2.70. The van der Waals surface area contributed by atoms with Crippen LogP contribution in [0.4, 0.5) is 0 Å². The van der Waals surface area contributed by atoms with E-state index in [1.165, 1.54) is 20.3 Å². The number of carbonyl (C=O) groups excluding carboxylic acids is 1. The molecule has 0 saturated heterocycles. The molecule has 0 fully saturated rings. The molecule has 4 heteroatoms. The second kappa shape index (κ2) is 5.57. The van der Waals surface area contributed by atoms with Gasteiger partial charge in [-0.3, -0.25) is 4.79 Å².